The minimum absolute atomic E-state index is 0.00122. The summed E-state index contributed by atoms with van der Waals surface area (Å²) in [5.41, 5.74) is 5.03. The molecule has 0 spiro atoms. The van der Waals surface area contributed by atoms with Gasteiger partial charge in [-0.15, -0.1) is 0 Å². The van der Waals surface area contributed by atoms with Crippen LogP contribution < -0.4 is 10.0 Å². The largest absolute Gasteiger partial charge is 0.354 e. The molecule has 0 aliphatic heterocycles. The second kappa shape index (κ2) is 17.0. The zero-order chi connectivity index (χ0) is 30.5. The van der Waals surface area contributed by atoms with Gasteiger partial charge in [0.15, 0.2) is 0 Å². The summed E-state index contributed by atoms with van der Waals surface area (Å²) in [7, 11) is 0. The molecule has 1 heterocycles. The van der Waals surface area contributed by atoms with Crippen LogP contribution in [0.5, 0.6) is 0 Å². The van der Waals surface area contributed by atoms with Gasteiger partial charge in [0, 0.05) is 30.0 Å². The monoisotopic (exact) mass is 592 g/mol. The zero-order valence-electron chi connectivity index (χ0n) is 26.2. The SMILES string of the molecule is CCCCCCNC(=O)C(C(C)C)N(Cc1ccc(-c2ccccc2SNc2onc(C)c2C)cc1)C(=O)CCCC. The fourth-order valence-corrected chi connectivity index (χ4v) is 5.71. The molecule has 0 fully saturated rings. The third kappa shape index (κ3) is 9.38. The molecule has 0 radical (unpaired) electrons. The maximum atomic E-state index is 13.4. The normalized spacial score (nSPS) is 11.9. The number of aryl methyl sites for hydroxylation is 1. The molecule has 0 aliphatic carbocycles. The number of benzene rings is 2. The standard InChI is InChI=1S/C34H48N4O3S/c1-7-9-11-14-22-35-33(40)32(24(3)4)38(31(39)17-10-8-2)23-27-18-20-28(21-19-27)29-15-12-13-16-30(29)42-37-34-25(5)26(6)36-41-34/h12-13,15-16,18-21,24,32,37H,7-11,14,17,22-23H2,1-6H3,(H,35,40). The van der Waals surface area contributed by atoms with Crippen LogP contribution in [-0.4, -0.2) is 34.5 Å². The third-order valence-corrected chi connectivity index (χ3v) is 8.41. The molecule has 7 nitrogen and oxygen atoms in total. The number of unbranched alkanes of at least 4 members (excludes halogenated alkanes) is 4. The molecular formula is C34H48N4O3S. The number of hydrogen-bond acceptors (Lipinski definition) is 6. The Bertz CT molecular complexity index is 1270. The van der Waals surface area contributed by atoms with Crippen molar-refractivity contribution in [1.82, 2.24) is 15.4 Å². The lowest BCUT2D eigenvalue weighted by Gasteiger charge is -2.34. The van der Waals surface area contributed by atoms with Crippen LogP contribution in [0.15, 0.2) is 57.9 Å². The minimum Gasteiger partial charge on any atom is -0.354 e. The molecule has 2 amide bonds. The molecule has 0 bridgehead atoms. The van der Waals surface area contributed by atoms with E-state index in [1.165, 1.54) is 18.4 Å². The highest BCUT2D eigenvalue weighted by Crippen LogP contribution is 2.33. The van der Waals surface area contributed by atoms with E-state index < -0.39 is 6.04 Å². The first-order valence-corrected chi connectivity index (χ1v) is 16.2. The average Bonchev–Trinajstić information content (AvgIpc) is 3.31. The highest BCUT2D eigenvalue weighted by molar-refractivity contribution is 8.00. The van der Waals surface area contributed by atoms with Gasteiger partial charge in [0.2, 0.25) is 17.7 Å². The van der Waals surface area contributed by atoms with Gasteiger partial charge in [-0.25, -0.2) is 0 Å². The van der Waals surface area contributed by atoms with Crippen LogP contribution in [0.4, 0.5) is 5.88 Å². The highest BCUT2D eigenvalue weighted by atomic mass is 32.2. The smallest absolute Gasteiger partial charge is 0.243 e. The fourth-order valence-electron chi connectivity index (χ4n) is 4.88. The topological polar surface area (TPSA) is 87.5 Å². The predicted molar refractivity (Wildman–Crippen MR) is 173 cm³/mol. The van der Waals surface area contributed by atoms with Crippen molar-refractivity contribution in [2.45, 2.75) is 104 Å². The van der Waals surface area contributed by atoms with E-state index in [9.17, 15) is 9.59 Å². The maximum Gasteiger partial charge on any atom is 0.243 e. The Hall–Kier alpha value is -3.26. The minimum atomic E-state index is -0.508. The summed E-state index contributed by atoms with van der Waals surface area (Å²) in [5.74, 6) is 0.629. The Balaban J connectivity index is 1.77. The molecule has 8 heteroatoms. The highest BCUT2D eigenvalue weighted by Gasteiger charge is 2.32. The van der Waals surface area contributed by atoms with Crippen molar-refractivity contribution >= 4 is 29.6 Å². The Morgan fingerprint density at radius 3 is 2.31 bits per heavy atom. The van der Waals surface area contributed by atoms with E-state index in [0.717, 1.165) is 64.9 Å². The Morgan fingerprint density at radius 2 is 1.67 bits per heavy atom. The van der Waals surface area contributed by atoms with Crippen LogP contribution in [0.1, 0.15) is 89.5 Å². The first-order valence-electron chi connectivity index (χ1n) is 15.4. The van der Waals surface area contributed by atoms with Crippen LogP contribution in [0, 0.1) is 19.8 Å². The van der Waals surface area contributed by atoms with E-state index in [1.54, 1.807) is 4.90 Å². The Kier molecular flexibility index (Phi) is 13.5. The first kappa shape index (κ1) is 33.2. The van der Waals surface area contributed by atoms with Gasteiger partial charge >= 0.3 is 0 Å². The lowest BCUT2D eigenvalue weighted by molar-refractivity contribution is -0.143. The van der Waals surface area contributed by atoms with Crippen molar-refractivity contribution in [3.8, 4) is 11.1 Å². The Morgan fingerprint density at radius 1 is 0.952 bits per heavy atom. The van der Waals surface area contributed by atoms with E-state index in [1.807, 2.05) is 39.8 Å². The molecule has 1 unspecified atom stereocenters. The van der Waals surface area contributed by atoms with Gasteiger partial charge in [0.25, 0.3) is 0 Å². The molecule has 3 rings (SSSR count). The summed E-state index contributed by atoms with van der Waals surface area (Å²) in [6, 6.07) is 16.0. The molecule has 1 atom stereocenters. The summed E-state index contributed by atoms with van der Waals surface area (Å²) in [4.78, 5) is 29.7. The fraction of sp³-hybridized carbons (Fsp3) is 0.500. The zero-order valence-corrected chi connectivity index (χ0v) is 27.0. The number of carbonyl (C=O) groups excluding carboxylic acids is 2. The van der Waals surface area contributed by atoms with Gasteiger partial charge < -0.3 is 14.7 Å². The molecule has 0 saturated carbocycles. The third-order valence-electron chi connectivity index (χ3n) is 7.55. The summed E-state index contributed by atoms with van der Waals surface area (Å²) in [5, 5.41) is 7.14. The molecule has 228 valence electrons. The van der Waals surface area contributed by atoms with E-state index >= 15 is 0 Å². The van der Waals surface area contributed by atoms with Crippen LogP contribution in [-0.2, 0) is 16.1 Å². The van der Waals surface area contributed by atoms with Gasteiger partial charge in [-0.2, -0.15) is 0 Å². The van der Waals surface area contributed by atoms with Crippen LogP contribution >= 0.6 is 11.9 Å². The molecule has 3 aromatic rings. The van der Waals surface area contributed by atoms with Crippen molar-refractivity contribution in [3.63, 3.8) is 0 Å². The van der Waals surface area contributed by atoms with Crippen LogP contribution in [0.25, 0.3) is 11.1 Å². The molecule has 0 saturated heterocycles. The summed E-state index contributed by atoms with van der Waals surface area (Å²) in [6.07, 6.45) is 6.59. The number of nitrogens with zero attached hydrogens (tertiary/aromatic N) is 2. The number of nitrogens with one attached hydrogen (secondary N) is 2. The number of anilines is 1. The van der Waals surface area contributed by atoms with Crippen molar-refractivity contribution in [1.29, 1.82) is 0 Å². The molecular weight excluding hydrogens is 544 g/mol. The average molecular weight is 593 g/mol. The van der Waals surface area contributed by atoms with Crippen molar-refractivity contribution in [3.05, 3.63) is 65.4 Å². The van der Waals surface area contributed by atoms with E-state index in [2.05, 4.69) is 65.4 Å². The van der Waals surface area contributed by atoms with E-state index in [0.29, 0.717) is 25.4 Å². The number of hydrogen-bond donors (Lipinski definition) is 2. The van der Waals surface area contributed by atoms with Gasteiger partial charge in [-0.1, -0.05) is 101 Å². The summed E-state index contributed by atoms with van der Waals surface area (Å²) < 4.78 is 8.70. The number of amides is 2. The molecule has 42 heavy (non-hydrogen) atoms. The quantitative estimate of drug-likeness (QED) is 0.121. The van der Waals surface area contributed by atoms with Gasteiger partial charge in [0.05, 0.1) is 5.69 Å². The van der Waals surface area contributed by atoms with E-state index in [-0.39, 0.29) is 17.7 Å². The van der Waals surface area contributed by atoms with Gasteiger partial charge in [-0.05, 0) is 67.3 Å². The number of rotatable bonds is 17. The van der Waals surface area contributed by atoms with Crippen LogP contribution in [0.3, 0.4) is 0 Å². The lowest BCUT2D eigenvalue weighted by atomic mass is 9.98. The van der Waals surface area contributed by atoms with E-state index in [4.69, 9.17) is 4.52 Å². The van der Waals surface area contributed by atoms with Crippen LogP contribution in [0.2, 0.25) is 0 Å². The molecule has 1 aromatic heterocycles. The summed E-state index contributed by atoms with van der Waals surface area (Å²) in [6.45, 7) is 13.3. The predicted octanol–water partition coefficient (Wildman–Crippen LogP) is 8.32. The molecule has 0 aliphatic rings. The molecule has 2 aromatic carbocycles. The first-order chi connectivity index (χ1) is 20.3. The molecule has 2 N–H and O–H groups in total. The lowest BCUT2D eigenvalue weighted by Crippen LogP contribution is -2.52. The van der Waals surface area contributed by atoms with Crippen molar-refractivity contribution < 1.29 is 14.1 Å². The number of aromatic nitrogens is 1. The number of carbonyl (C=O) groups is 2. The van der Waals surface area contributed by atoms with Gasteiger partial charge in [0.1, 0.15) is 6.04 Å². The second-order valence-electron chi connectivity index (χ2n) is 11.3. The Labute approximate surface area is 256 Å². The van der Waals surface area contributed by atoms with Crippen molar-refractivity contribution in [2.75, 3.05) is 11.3 Å². The van der Waals surface area contributed by atoms with Gasteiger partial charge in [-0.3, -0.25) is 14.3 Å². The summed E-state index contributed by atoms with van der Waals surface area (Å²) >= 11 is 1.49. The second-order valence-corrected chi connectivity index (χ2v) is 12.1. The van der Waals surface area contributed by atoms with Crippen molar-refractivity contribution in [2.24, 2.45) is 5.92 Å². The maximum absolute atomic E-state index is 13.4.